The van der Waals surface area contributed by atoms with Gasteiger partial charge in [0, 0.05) is 36.8 Å². The Labute approximate surface area is 177 Å². The first-order chi connectivity index (χ1) is 14.5. The lowest BCUT2D eigenvalue weighted by atomic mass is 9.74. The molecule has 4 rings (SSSR count). The molecular formula is C24H31N3O3. The quantitative estimate of drug-likeness (QED) is 0.621. The van der Waals surface area contributed by atoms with Crippen LogP contribution in [0.1, 0.15) is 37.5 Å². The van der Waals surface area contributed by atoms with Crippen molar-refractivity contribution in [3.63, 3.8) is 0 Å². The zero-order valence-corrected chi connectivity index (χ0v) is 17.8. The van der Waals surface area contributed by atoms with Crippen molar-refractivity contribution >= 4 is 0 Å². The van der Waals surface area contributed by atoms with Crippen LogP contribution in [-0.4, -0.2) is 50.7 Å². The fourth-order valence-electron chi connectivity index (χ4n) is 4.60. The van der Waals surface area contributed by atoms with Crippen LogP contribution in [0.15, 0.2) is 53.1 Å². The summed E-state index contributed by atoms with van der Waals surface area (Å²) in [6.45, 7) is 6.20. The van der Waals surface area contributed by atoms with Crippen LogP contribution < -0.4 is 0 Å². The number of likely N-dealkylation sites (tertiary alicyclic amines) is 1. The first kappa shape index (κ1) is 20.8. The highest BCUT2D eigenvalue weighted by Crippen LogP contribution is 2.36. The van der Waals surface area contributed by atoms with E-state index in [1.807, 2.05) is 54.1 Å². The minimum absolute atomic E-state index is 0.00597. The van der Waals surface area contributed by atoms with E-state index in [0.717, 1.165) is 47.9 Å². The molecule has 2 N–H and O–H groups in total. The third kappa shape index (κ3) is 4.08. The molecule has 0 spiro atoms. The van der Waals surface area contributed by atoms with E-state index in [4.69, 9.17) is 9.52 Å². The van der Waals surface area contributed by atoms with Crippen LogP contribution in [-0.2, 0) is 6.54 Å². The topological polar surface area (TPSA) is 74.7 Å². The first-order valence-electron chi connectivity index (χ1n) is 10.8. The van der Waals surface area contributed by atoms with E-state index < -0.39 is 11.5 Å². The summed E-state index contributed by atoms with van der Waals surface area (Å²) in [5, 5.41) is 25.5. The van der Waals surface area contributed by atoms with E-state index in [1.165, 1.54) is 0 Å². The van der Waals surface area contributed by atoms with Crippen LogP contribution in [0.3, 0.4) is 0 Å². The molecule has 3 aromatic rings. The highest BCUT2D eigenvalue weighted by Gasteiger charge is 2.41. The van der Waals surface area contributed by atoms with Crippen LogP contribution in [0, 0.1) is 12.3 Å². The van der Waals surface area contributed by atoms with E-state index in [9.17, 15) is 10.2 Å². The SMILES string of the molecule is CCC[C@@]1(CO)CN(Cc2cn(-c3ccccc3)nc2-c2ccc(C)o2)CC[C@H]1O. The van der Waals surface area contributed by atoms with Gasteiger partial charge >= 0.3 is 0 Å². The minimum Gasteiger partial charge on any atom is -0.460 e. The molecule has 2 atom stereocenters. The lowest BCUT2D eigenvalue weighted by molar-refractivity contribution is -0.0819. The number of aliphatic hydroxyl groups excluding tert-OH is 2. The number of para-hydroxylation sites is 1. The van der Waals surface area contributed by atoms with Gasteiger partial charge in [0.05, 0.1) is 18.4 Å². The number of piperidine rings is 1. The molecule has 160 valence electrons. The normalized spacial score (nSPS) is 22.5. The molecule has 1 aliphatic rings. The molecule has 1 aliphatic heterocycles. The molecule has 1 aromatic carbocycles. The molecule has 0 bridgehead atoms. The lowest BCUT2D eigenvalue weighted by Gasteiger charge is -2.45. The maximum atomic E-state index is 10.6. The molecule has 0 saturated carbocycles. The van der Waals surface area contributed by atoms with Crippen molar-refractivity contribution < 1.29 is 14.6 Å². The Morgan fingerprint density at radius 3 is 2.67 bits per heavy atom. The Bertz CT molecular complexity index is 965. The molecule has 0 radical (unpaired) electrons. The molecule has 0 unspecified atom stereocenters. The lowest BCUT2D eigenvalue weighted by Crippen LogP contribution is -2.53. The summed E-state index contributed by atoms with van der Waals surface area (Å²) in [5.41, 5.74) is 2.46. The highest BCUT2D eigenvalue weighted by atomic mass is 16.3. The minimum atomic E-state index is -0.460. The van der Waals surface area contributed by atoms with E-state index >= 15 is 0 Å². The van der Waals surface area contributed by atoms with Crippen molar-refractivity contribution in [3.05, 3.63) is 60.0 Å². The van der Waals surface area contributed by atoms with Crippen LogP contribution in [0.25, 0.3) is 17.1 Å². The monoisotopic (exact) mass is 409 g/mol. The third-order valence-electron chi connectivity index (χ3n) is 6.21. The Hall–Kier alpha value is -2.41. The predicted molar refractivity (Wildman–Crippen MR) is 116 cm³/mol. The average Bonchev–Trinajstić information content (AvgIpc) is 3.37. The fourth-order valence-corrected chi connectivity index (χ4v) is 4.60. The van der Waals surface area contributed by atoms with Gasteiger partial charge in [-0.1, -0.05) is 31.5 Å². The molecule has 6 heteroatoms. The van der Waals surface area contributed by atoms with Gasteiger partial charge in [-0.2, -0.15) is 5.10 Å². The van der Waals surface area contributed by atoms with E-state index in [1.54, 1.807) is 0 Å². The van der Waals surface area contributed by atoms with Gasteiger partial charge in [-0.25, -0.2) is 4.68 Å². The average molecular weight is 410 g/mol. The zero-order valence-electron chi connectivity index (χ0n) is 17.8. The van der Waals surface area contributed by atoms with Gasteiger partial charge in [-0.15, -0.1) is 0 Å². The standard InChI is InChI=1S/C24H31N3O3/c1-3-12-24(17-28)16-26(13-11-22(24)29)14-19-15-27(20-7-5-4-6-8-20)25-23(19)21-10-9-18(2)30-21/h4-10,15,22,28-29H,3,11-14,16-17H2,1-2H3/t22-,24+/m1/s1. The predicted octanol–water partition coefficient (Wildman–Crippen LogP) is 3.79. The number of aryl methyl sites for hydroxylation is 1. The van der Waals surface area contributed by atoms with Crippen molar-refractivity contribution in [1.29, 1.82) is 0 Å². The zero-order chi connectivity index (χ0) is 21.1. The number of hydrogen-bond acceptors (Lipinski definition) is 5. The van der Waals surface area contributed by atoms with Gasteiger partial charge in [0.25, 0.3) is 0 Å². The smallest absolute Gasteiger partial charge is 0.154 e. The van der Waals surface area contributed by atoms with Crippen molar-refractivity contribution in [1.82, 2.24) is 14.7 Å². The second kappa shape index (κ2) is 8.76. The first-order valence-corrected chi connectivity index (χ1v) is 10.8. The second-order valence-corrected chi connectivity index (χ2v) is 8.48. The molecular weight excluding hydrogens is 378 g/mol. The van der Waals surface area contributed by atoms with E-state index in [0.29, 0.717) is 19.5 Å². The van der Waals surface area contributed by atoms with Crippen molar-refractivity contribution in [2.45, 2.75) is 45.8 Å². The Kier molecular flexibility index (Phi) is 6.09. The summed E-state index contributed by atoms with van der Waals surface area (Å²) in [4.78, 5) is 2.32. The molecule has 0 aliphatic carbocycles. The molecule has 6 nitrogen and oxygen atoms in total. The van der Waals surface area contributed by atoms with Gasteiger partial charge in [-0.3, -0.25) is 4.90 Å². The van der Waals surface area contributed by atoms with Gasteiger partial charge in [0.2, 0.25) is 0 Å². The van der Waals surface area contributed by atoms with Crippen molar-refractivity contribution in [2.75, 3.05) is 19.7 Å². The molecule has 2 aromatic heterocycles. The summed E-state index contributed by atoms with van der Waals surface area (Å²) in [6.07, 6.45) is 4.03. The highest BCUT2D eigenvalue weighted by molar-refractivity contribution is 5.58. The van der Waals surface area contributed by atoms with Crippen LogP contribution in [0.4, 0.5) is 0 Å². The summed E-state index contributed by atoms with van der Waals surface area (Å²) in [5.74, 6) is 1.62. The summed E-state index contributed by atoms with van der Waals surface area (Å²) >= 11 is 0. The molecule has 1 fully saturated rings. The number of hydrogen-bond donors (Lipinski definition) is 2. The van der Waals surface area contributed by atoms with Crippen LogP contribution in [0.2, 0.25) is 0 Å². The van der Waals surface area contributed by atoms with Gasteiger partial charge in [0.1, 0.15) is 11.5 Å². The number of furan rings is 1. The molecule has 0 amide bonds. The Morgan fingerprint density at radius 2 is 2.00 bits per heavy atom. The fraction of sp³-hybridized carbons (Fsp3) is 0.458. The van der Waals surface area contributed by atoms with Gasteiger partial charge in [0.15, 0.2) is 5.76 Å². The van der Waals surface area contributed by atoms with E-state index in [2.05, 4.69) is 18.0 Å². The molecule has 3 heterocycles. The number of aromatic nitrogens is 2. The summed E-state index contributed by atoms with van der Waals surface area (Å²) in [6, 6.07) is 14.0. The summed E-state index contributed by atoms with van der Waals surface area (Å²) < 4.78 is 7.79. The van der Waals surface area contributed by atoms with Gasteiger partial charge < -0.3 is 14.6 Å². The second-order valence-electron chi connectivity index (χ2n) is 8.48. The van der Waals surface area contributed by atoms with Crippen molar-refractivity contribution in [2.24, 2.45) is 5.41 Å². The summed E-state index contributed by atoms with van der Waals surface area (Å²) in [7, 11) is 0. The largest absolute Gasteiger partial charge is 0.460 e. The van der Waals surface area contributed by atoms with Gasteiger partial charge in [-0.05, 0) is 44.0 Å². The maximum absolute atomic E-state index is 10.6. The van der Waals surface area contributed by atoms with Crippen LogP contribution in [0.5, 0.6) is 0 Å². The Balaban J connectivity index is 1.65. The van der Waals surface area contributed by atoms with E-state index in [-0.39, 0.29) is 6.61 Å². The number of benzene rings is 1. The Morgan fingerprint density at radius 1 is 1.20 bits per heavy atom. The maximum Gasteiger partial charge on any atom is 0.154 e. The number of aliphatic hydroxyl groups is 2. The third-order valence-corrected chi connectivity index (χ3v) is 6.21. The number of rotatable bonds is 7. The molecule has 30 heavy (non-hydrogen) atoms. The number of nitrogens with zero attached hydrogens (tertiary/aromatic N) is 3. The van der Waals surface area contributed by atoms with Crippen molar-refractivity contribution in [3.8, 4) is 17.1 Å². The molecule has 1 saturated heterocycles. The van der Waals surface area contributed by atoms with Crippen LogP contribution >= 0.6 is 0 Å².